The highest BCUT2D eigenvalue weighted by atomic mass is 19.4. The summed E-state index contributed by atoms with van der Waals surface area (Å²) in [5, 5.41) is 3.23. The number of rotatable bonds is 7. The summed E-state index contributed by atoms with van der Waals surface area (Å²) >= 11 is 0. The zero-order valence-electron chi connectivity index (χ0n) is 17.9. The average Bonchev–Trinajstić information content (AvgIpc) is 2.79. The molecule has 10 heteroatoms. The van der Waals surface area contributed by atoms with Crippen molar-refractivity contribution in [2.75, 3.05) is 46.5 Å². The lowest BCUT2D eigenvalue weighted by Gasteiger charge is -2.35. The smallest absolute Gasteiger partial charge is 0.417 e. The lowest BCUT2D eigenvalue weighted by molar-refractivity contribution is -0.137. The van der Waals surface area contributed by atoms with Crippen LogP contribution in [0.15, 0.2) is 23.3 Å². The van der Waals surface area contributed by atoms with Crippen LogP contribution in [0.25, 0.3) is 0 Å². The van der Waals surface area contributed by atoms with Gasteiger partial charge in [-0.25, -0.2) is 4.98 Å². The fraction of sp³-hybridized carbons (Fsp3) is 0.714. The maximum Gasteiger partial charge on any atom is 0.417 e. The number of nitrogens with zero attached hydrogens (tertiary/aromatic N) is 3. The molecule has 1 N–H and O–H groups in total. The largest absolute Gasteiger partial charge is 0.476 e. The fourth-order valence-electron chi connectivity index (χ4n) is 3.70. The SMILES string of the molecule is CN=C(NCCOc1ccc(C(F)(F)F)cn1)N1CCC(OCC2CCCCO2)CC1. The molecule has 3 heterocycles. The maximum atomic E-state index is 12.6. The van der Waals surface area contributed by atoms with Gasteiger partial charge in [-0.2, -0.15) is 13.2 Å². The number of halogens is 3. The van der Waals surface area contributed by atoms with E-state index >= 15 is 0 Å². The molecule has 1 atom stereocenters. The lowest BCUT2D eigenvalue weighted by Crippen LogP contribution is -2.48. The van der Waals surface area contributed by atoms with E-state index in [0.717, 1.165) is 63.6 Å². The minimum Gasteiger partial charge on any atom is -0.476 e. The highest BCUT2D eigenvalue weighted by molar-refractivity contribution is 5.79. The Bertz CT molecular complexity index is 686. The molecule has 2 saturated heterocycles. The summed E-state index contributed by atoms with van der Waals surface area (Å²) < 4.78 is 54.9. The van der Waals surface area contributed by atoms with Gasteiger partial charge in [0, 0.05) is 39.0 Å². The molecule has 31 heavy (non-hydrogen) atoms. The normalized spacial score (nSPS) is 21.2. The van der Waals surface area contributed by atoms with Gasteiger partial charge in [0.25, 0.3) is 0 Å². The summed E-state index contributed by atoms with van der Waals surface area (Å²) in [5.41, 5.74) is -0.794. The molecule has 2 fully saturated rings. The number of alkyl halides is 3. The van der Waals surface area contributed by atoms with Gasteiger partial charge < -0.3 is 24.4 Å². The summed E-state index contributed by atoms with van der Waals surface area (Å²) in [4.78, 5) is 10.2. The molecule has 0 aliphatic carbocycles. The number of hydrogen-bond acceptors (Lipinski definition) is 5. The Labute approximate surface area is 181 Å². The molecule has 0 amide bonds. The van der Waals surface area contributed by atoms with Gasteiger partial charge in [0.2, 0.25) is 5.88 Å². The molecule has 0 radical (unpaired) electrons. The third kappa shape index (κ3) is 7.53. The van der Waals surface area contributed by atoms with E-state index in [-0.39, 0.29) is 24.7 Å². The van der Waals surface area contributed by atoms with E-state index in [2.05, 4.69) is 20.2 Å². The van der Waals surface area contributed by atoms with Gasteiger partial charge in [-0.05, 0) is 38.2 Å². The Kier molecular flexibility index (Phi) is 8.77. The van der Waals surface area contributed by atoms with E-state index in [1.54, 1.807) is 7.05 Å². The second kappa shape index (κ2) is 11.5. The van der Waals surface area contributed by atoms with Gasteiger partial charge in [-0.3, -0.25) is 4.99 Å². The van der Waals surface area contributed by atoms with Crippen LogP contribution in [0, 0.1) is 0 Å². The van der Waals surface area contributed by atoms with Crippen molar-refractivity contribution in [3.63, 3.8) is 0 Å². The molecule has 0 spiro atoms. The van der Waals surface area contributed by atoms with Crippen molar-refractivity contribution in [1.29, 1.82) is 0 Å². The number of pyridine rings is 1. The van der Waals surface area contributed by atoms with E-state index in [1.807, 2.05) is 0 Å². The maximum absolute atomic E-state index is 12.6. The van der Waals surface area contributed by atoms with E-state index in [4.69, 9.17) is 14.2 Å². The van der Waals surface area contributed by atoms with Crippen molar-refractivity contribution in [2.45, 2.75) is 50.5 Å². The fourth-order valence-corrected chi connectivity index (χ4v) is 3.70. The molecule has 1 aromatic heterocycles. The van der Waals surface area contributed by atoms with Gasteiger partial charge in [0.15, 0.2) is 5.96 Å². The van der Waals surface area contributed by atoms with Gasteiger partial charge in [0.1, 0.15) is 6.61 Å². The van der Waals surface area contributed by atoms with Crippen molar-refractivity contribution < 1.29 is 27.4 Å². The number of piperidine rings is 1. The minimum absolute atomic E-state index is 0.157. The molecule has 3 rings (SSSR count). The summed E-state index contributed by atoms with van der Waals surface area (Å²) in [7, 11) is 1.73. The van der Waals surface area contributed by atoms with Crippen LogP contribution in [0.4, 0.5) is 13.2 Å². The minimum atomic E-state index is -4.40. The zero-order chi connectivity index (χ0) is 22.1. The predicted octanol–water partition coefficient (Wildman–Crippen LogP) is 3.10. The van der Waals surface area contributed by atoms with Gasteiger partial charge in [-0.1, -0.05) is 0 Å². The molecule has 7 nitrogen and oxygen atoms in total. The quantitative estimate of drug-likeness (QED) is 0.396. The first-order chi connectivity index (χ1) is 15.0. The number of ether oxygens (including phenoxy) is 3. The molecular weight excluding hydrogens is 413 g/mol. The topological polar surface area (TPSA) is 68.2 Å². The molecule has 0 bridgehead atoms. The molecule has 2 aliphatic rings. The van der Waals surface area contributed by atoms with Crippen molar-refractivity contribution in [3.8, 4) is 5.88 Å². The van der Waals surface area contributed by atoms with Crippen LogP contribution in [0.2, 0.25) is 0 Å². The van der Waals surface area contributed by atoms with Crippen LogP contribution >= 0.6 is 0 Å². The van der Waals surface area contributed by atoms with Crippen LogP contribution in [0.1, 0.15) is 37.7 Å². The number of guanidine groups is 1. The van der Waals surface area contributed by atoms with Crippen molar-refractivity contribution in [3.05, 3.63) is 23.9 Å². The highest BCUT2D eigenvalue weighted by Gasteiger charge is 2.30. The summed E-state index contributed by atoms with van der Waals surface area (Å²) in [5.74, 6) is 0.933. The summed E-state index contributed by atoms with van der Waals surface area (Å²) in [6.45, 7) is 3.93. The van der Waals surface area contributed by atoms with Crippen molar-refractivity contribution in [2.24, 2.45) is 4.99 Å². The van der Waals surface area contributed by atoms with Crippen LogP contribution in [0.5, 0.6) is 5.88 Å². The standard InChI is InChI=1S/C21H31F3N4O3/c1-25-20(26-9-13-30-19-6-5-16(14-27-19)21(22,23)24)28-10-7-17(8-11-28)31-15-18-4-2-3-12-29-18/h5-6,14,17-18H,2-4,7-13,15H2,1H3,(H,25,26). The van der Waals surface area contributed by atoms with Gasteiger partial charge in [-0.15, -0.1) is 0 Å². The summed E-state index contributed by atoms with van der Waals surface area (Å²) in [6, 6.07) is 2.18. The van der Waals surface area contributed by atoms with Crippen molar-refractivity contribution in [1.82, 2.24) is 15.2 Å². The Morgan fingerprint density at radius 3 is 2.68 bits per heavy atom. The Morgan fingerprint density at radius 2 is 2.06 bits per heavy atom. The Balaban J connectivity index is 1.32. The highest BCUT2D eigenvalue weighted by Crippen LogP contribution is 2.29. The van der Waals surface area contributed by atoms with Gasteiger partial charge in [0.05, 0.1) is 30.9 Å². The number of aromatic nitrogens is 1. The molecule has 0 saturated carbocycles. The second-order valence-corrected chi connectivity index (χ2v) is 7.71. The lowest BCUT2D eigenvalue weighted by atomic mass is 10.1. The number of nitrogens with one attached hydrogen (secondary N) is 1. The number of aliphatic imine (C=N–C) groups is 1. The number of hydrogen-bond donors (Lipinski definition) is 1. The molecule has 0 aromatic carbocycles. The Morgan fingerprint density at radius 1 is 1.26 bits per heavy atom. The second-order valence-electron chi connectivity index (χ2n) is 7.71. The van der Waals surface area contributed by atoms with E-state index in [1.165, 1.54) is 12.5 Å². The molecule has 1 unspecified atom stereocenters. The van der Waals surface area contributed by atoms with E-state index < -0.39 is 11.7 Å². The monoisotopic (exact) mass is 444 g/mol. The van der Waals surface area contributed by atoms with E-state index in [9.17, 15) is 13.2 Å². The average molecular weight is 444 g/mol. The van der Waals surface area contributed by atoms with Crippen LogP contribution < -0.4 is 10.1 Å². The first-order valence-electron chi connectivity index (χ1n) is 10.8. The summed E-state index contributed by atoms with van der Waals surface area (Å²) in [6.07, 6.45) is 2.16. The zero-order valence-corrected chi connectivity index (χ0v) is 17.9. The predicted molar refractivity (Wildman–Crippen MR) is 110 cm³/mol. The Hall–Kier alpha value is -2.07. The molecule has 174 valence electrons. The van der Waals surface area contributed by atoms with Crippen LogP contribution in [-0.2, 0) is 15.7 Å². The van der Waals surface area contributed by atoms with E-state index in [0.29, 0.717) is 13.2 Å². The first kappa shape index (κ1) is 23.6. The molecule has 1 aromatic rings. The molecule has 2 aliphatic heterocycles. The first-order valence-corrected chi connectivity index (χ1v) is 10.8. The van der Waals surface area contributed by atoms with Crippen LogP contribution in [-0.4, -0.2) is 74.6 Å². The number of likely N-dealkylation sites (tertiary alicyclic amines) is 1. The van der Waals surface area contributed by atoms with Gasteiger partial charge >= 0.3 is 6.18 Å². The third-order valence-electron chi connectivity index (χ3n) is 5.44. The third-order valence-corrected chi connectivity index (χ3v) is 5.44. The van der Waals surface area contributed by atoms with Crippen molar-refractivity contribution >= 4 is 5.96 Å². The molecular formula is C21H31F3N4O3. The van der Waals surface area contributed by atoms with Crippen LogP contribution in [0.3, 0.4) is 0 Å².